The molecule has 0 spiro atoms. The van der Waals surface area contributed by atoms with E-state index >= 15 is 0 Å². The predicted octanol–water partition coefficient (Wildman–Crippen LogP) is 2.02. The van der Waals surface area contributed by atoms with Gasteiger partial charge in [0, 0.05) is 31.4 Å². The average molecular weight is 368 g/mol. The van der Waals surface area contributed by atoms with Gasteiger partial charge in [0.1, 0.15) is 22.1 Å². The van der Waals surface area contributed by atoms with E-state index in [9.17, 15) is 13.2 Å². The molecule has 0 unspecified atom stereocenters. The molecule has 0 atom stereocenters. The standard InChI is InChI=1S/C16H20N2O6S/c1-5-24-16(19)15-9-14(10-18(15)2)25(20,21)17-11-6-12(22-3)8-13(7-11)23-4/h6-10,17H,5H2,1-4H3. The smallest absolute Gasteiger partial charge is 0.354 e. The number of nitrogens with one attached hydrogen (secondary N) is 1. The number of aromatic nitrogens is 1. The molecule has 0 saturated heterocycles. The highest BCUT2D eigenvalue weighted by molar-refractivity contribution is 7.92. The third-order valence-corrected chi connectivity index (χ3v) is 4.73. The number of nitrogens with zero attached hydrogens (tertiary/aromatic N) is 1. The molecule has 1 N–H and O–H groups in total. The van der Waals surface area contributed by atoms with Gasteiger partial charge < -0.3 is 18.8 Å². The first-order valence-corrected chi connectivity index (χ1v) is 8.88. The normalized spacial score (nSPS) is 11.0. The Morgan fingerprint density at radius 3 is 2.24 bits per heavy atom. The Kier molecular flexibility index (Phi) is 5.58. The zero-order valence-corrected chi connectivity index (χ0v) is 15.2. The van der Waals surface area contributed by atoms with Crippen LogP contribution >= 0.6 is 0 Å². The molecule has 2 aromatic rings. The van der Waals surface area contributed by atoms with Crippen molar-refractivity contribution >= 4 is 21.7 Å². The zero-order chi connectivity index (χ0) is 18.6. The number of methoxy groups -OCH3 is 2. The van der Waals surface area contributed by atoms with Crippen molar-refractivity contribution in [3.05, 3.63) is 36.2 Å². The van der Waals surface area contributed by atoms with Gasteiger partial charge in [-0.15, -0.1) is 0 Å². The van der Waals surface area contributed by atoms with Gasteiger partial charge in [-0.3, -0.25) is 4.72 Å². The summed E-state index contributed by atoms with van der Waals surface area (Å²) in [5.74, 6) is 0.296. The topological polar surface area (TPSA) is 95.9 Å². The fourth-order valence-corrected chi connectivity index (χ4v) is 3.28. The van der Waals surface area contributed by atoms with E-state index in [4.69, 9.17) is 14.2 Å². The maximum Gasteiger partial charge on any atom is 0.354 e. The summed E-state index contributed by atoms with van der Waals surface area (Å²) in [5, 5.41) is 0. The lowest BCUT2D eigenvalue weighted by molar-refractivity contribution is 0.0515. The third kappa shape index (κ3) is 4.24. The molecule has 0 saturated carbocycles. The summed E-state index contributed by atoms with van der Waals surface area (Å²) in [6.45, 7) is 1.88. The van der Waals surface area contributed by atoms with Crippen molar-refractivity contribution in [1.82, 2.24) is 4.57 Å². The molecule has 0 aliphatic heterocycles. The molecule has 136 valence electrons. The van der Waals surface area contributed by atoms with Crippen LogP contribution < -0.4 is 14.2 Å². The summed E-state index contributed by atoms with van der Waals surface area (Å²) in [5.41, 5.74) is 0.420. The van der Waals surface area contributed by atoms with Crippen molar-refractivity contribution in [2.24, 2.45) is 7.05 Å². The zero-order valence-electron chi connectivity index (χ0n) is 14.4. The van der Waals surface area contributed by atoms with Crippen LogP contribution in [0.3, 0.4) is 0 Å². The van der Waals surface area contributed by atoms with Crippen LogP contribution in [0.15, 0.2) is 35.4 Å². The van der Waals surface area contributed by atoms with Crippen LogP contribution in [0.5, 0.6) is 11.5 Å². The molecule has 1 aromatic carbocycles. The van der Waals surface area contributed by atoms with E-state index in [-0.39, 0.29) is 22.9 Å². The Labute approximate surface area is 146 Å². The molecule has 1 aromatic heterocycles. The quantitative estimate of drug-likeness (QED) is 0.751. The molecular weight excluding hydrogens is 348 g/mol. The summed E-state index contributed by atoms with van der Waals surface area (Å²) in [6.07, 6.45) is 1.34. The van der Waals surface area contributed by atoms with E-state index in [1.165, 1.54) is 43.2 Å². The summed E-state index contributed by atoms with van der Waals surface area (Å²) in [6, 6.07) is 5.93. The van der Waals surface area contributed by atoms with E-state index < -0.39 is 16.0 Å². The largest absolute Gasteiger partial charge is 0.497 e. The van der Waals surface area contributed by atoms with E-state index in [1.54, 1.807) is 20.0 Å². The third-order valence-electron chi connectivity index (χ3n) is 3.38. The van der Waals surface area contributed by atoms with E-state index in [0.29, 0.717) is 11.5 Å². The van der Waals surface area contributed by atoms with Crippen molar-refractivity contribution in [2.45, 2.75) is 11.8 Å². The Morgan fingerprint density at radius 1 is 1.12 bits per heavy atom. The highest BCUT2D eigenvalue weighted by atomic mass is 32.2. The molecular formula is C16H20N2O6S. The average Bonchev–Trinajstić information content (AvgIpc) is 2.97. The van der Waals surface area contributed by atoms with Crippen molar-refractivity contribution in [1.29, 1.82) is 0 Å². The molecule has 0 aliphatic carbocycles. The molecule has 0 aliphatic rings. The maximum absolute atomic E-state index is 12.6. The monoisotopic (exact) mass is 368 g/mol. The molecule has 0 fully saturated rings. The Bertz CT molecular complexity index is 850. The van der Waals surface area contributed by atoms with Crippen LogP contribution in [0.4, 0.5) is 5.69 Å². The van der Waals surface area contributed by atoms with Crippen LogP contribution in [-0.2, 0) is 21.8 Å². The second-order valence-corrected chi connectivity index (χ2v) is 6.78. The first-order chi connectivity index (χ1) is 11.8. The summed E-state index contributed by atoms with van der Waals surface area (Å²) < 4.78 is 44.2. The summed E-state index contributed by atoms with van der Waals surface area (Å²) >= 11 is 0. The van der Waals surface area contributed by atoms with Gasteiger partial charge in [-0.2, -0.15) is 0 Å². The van der Waals surface area contributed by atoms with Crippen LogP contribution in [0.2, 0.25) is 0 Å². The minimum Gasteiger partial charge on any atom is -0.497 e. The van der Waals surface area contributed by atoms with Crippen LogP contribution in [-0.4, -0.2) is 39.8 Å². The lowest BCUT2D eigenvalue weighted by atomic mass is 10.3. The van der Waals surface area contributed by atoms with Gasteiger partial charge in [-0.25, -0.2) is 13.2 Å². The molecule has 0 amide bonds. The number of carbonyl (C=O) groups is 1. The van der Waals surface area contributed by atoms with Crippen LogP contribution in [0.25, 0.3) is 0 Å². The number of ether oxygens (including phenoxy) is 3. The van der Waals surface area contributed by atoms with E-state index in [0.717, 1.165) is 0 Å². The van der Waals surface area contributed by atoms with Crippen LogP contribution in [0, 0.1) is 0 Å². The molecule has 25 heavy (non-hydrogen) atoms. The Hall–Kier alpha value is -2.68. The van der Waals surface area contributed by atoms with Crippen molar-refractivity contribution in [3.8, 4) is 11.5 Å². The number of carbonyl (C=O) groups excluding carboxylic acids is 1. The van der Waals surface area contributed by atoms with Gasteiger partial charge >= 0.3 is 5.97 Å². The molecule has 1 heterocycles. The van der Waals surface area contributed by atoms with Crippen molar-refractivity contribution < 1.29 is 27.4 Å². The van der Waals surface area contributed by atoms with Gasteiger partial charge in [0.2, 0.25) is 0 Å². The van der Waals surface area contributed by atoms with Crippen LogP contribution in [0.1, 0.15) is 17.4 Å². The fourth-order valence-electron chi connectivity index (χ4n) is 2.17. The number of rotatable bonds is 7. The maximum atomic E-state index is 12.6. The van der Waals surface area contributed by atoms with Crippen molar-refractivity contribution in [2.75, 3.05) is 25.5 Å². The first kappa shape index (κ1) is 18.7. The number of anilines is 1. The second kappa shape index (κ2) is 7.47. The number of hydrogen-bond acceptors (Lipinski definition) is 6. The number of esters is 1. The summed E-state index contributed by atoms with van der Waals surface area (Å²) in [7, 11) is 0.602. The number of sulfonamides is 1. The number of benzene rings is 1. The Morgan fingerprint density at radius 2 is 1.72 bits per heavy atom. The second-order valence-electron chi connectivity index (χ2n) is 5.10. The molecule has 9 heteroatoms. The number of hydrogen-bond donors (Lipinski definition) is 1. The minimum absolute atomic E-state index is 0.0557. The van der Waals surface area contributed by atoms with Gasteiger partial charge in [0.25, 0.3) is 10.0 Å². The SMILES string of the molecule is CCOC(=O)c1cc(S(=O)(=O)Nc2cc(OC)cc(OC)c2)cn1C. The highest BCUT2D eigenvalue weighted by Crippen LogP contribution is 2.27. The van der Waals surface area contributed by atoms with Gasteiger partial charge in [0.05, 0.1) is 26.5 Å². The minimum atomic E-state index is -3.90. The molecule has 2 rings (SSSR count). The van der Waals surface area contributed by atoms with Gasteiger partial charge in [-0.05, 0) is 13.0 Å². The Balaban J connectivity index is 2.34. The highest BCUT2D eigenvalue weighted by Gasteiger charge is 2.21. The lowest BCUT2D eigenvalue weighted by Gasteiger charge is -2.10. The first-order valence-electron chi connectivity index (χ1n) is 7.40. The summed E-state index contributed by atoms with van der Waals surface area (Å²) in [4.78, 5) is 11.8. The fraction of sp³-hybridized carbons (Fsp3) is 0.312. The number of aryl methyl sites for hydroxylation is 1. The molecule has 0 radical (unpaired) electrons. The lowest BCUT2D eigenvalue weighted by Crippen LogP contribution is -2.12. The molecule has 0 bridgehead atoms. The van der Waals surface area contributed by atoms with Gasteiger partial charge in [-0.1, -0.05) is 0 Å². The van der Waals surface area contributed by atoms with E-state index in [1.807, 2.05) is 0 Å². The van der Waals surface area contributed by atoms with Gasteiger partial charge in [0.15, 0.2) is 0 Å². The molecule has 8 nitrogen and oxygen atoms in total. The predicted molar refractivity (Wildman–Crippen MR) is 91.7 cm³/mol. The van der Waals surface area contributed by atoms with Crippen molar-refractivity contribution in [3.63, 3.8) is 0 Å². The van der Waals surface area contributed by atoms with E-state index in [2.05, 4.69) is 4.72 Å².